The van der Waals surface area contributed by atoms with Crippen molar-refractivity contribution in [3.05, 3.63) is 46.2 Å². The lowest BCUT2D eigenvalue weighted by molar-refractivity contribution is -0.115. The number of amides is 2. The highest BCUT2D eigenvalue weighted by atomic mass is 32.2. The zero-order valence-electron chi connectivity index (χ0n) is 16.6. The highest BCUT2D eigenvalue weighted by molar-refractivity contribution is 7.90. The Labute approximate surface area is 179 Å². The number of thiophene rings is 1. The van der Waals surface area contributed by atoms with Crippen LogP contribution < -0.4 is 15.4 Å². The summed E-state index contributed by atoms with van der Waals surface area (Å²) in [5.41, 5.74) is 0.326. The van der Waals surface area contributed by atoms with Crippen LogP contribution in [0.2, 0.25) is 0 Å². The largest absolute Gasteiger partial charge is 0.342 e. The van der Waals surface area contributed by atoms with Gasteiger partial charge in [-0.2, -0.15) is 0 Å². The molecule has 0 bridgehead atoms. The predicted octanol–water partition coefficient (Wildman–Crippen LogP) is 2.68. The van der Waals surface area contributed by atoms with E-state index in [4.69, 9.17) is 0 Å². The third-order valence-corrected chi connectivity index (χ3v) is 6.81. The van der Waals surface area contributed by atoms with E-state index in [0.29, 0.717) is 29.4 Å². The van der Waals surface area contributed by atoms with Crippen molar-refractivity contribution < 1.29 is 18.0 Å². The first-order valence-electron chi connectivity index (χ1n) is 9.64. The summed E-state index contributed by atoms with van der Waals surface area (Å²) in [5, 5.41) is 5.16. The minimum atomic E-state index is -3.79. The van der Waals surface area contributed by atoms with E-state index >= 15 is 0 Å². The zero-order chi connectivity index (χ0) is 21.6. The van der Waals surface area contributed by atoms with Gasteiger partial charge in [-0.15, -0.1) is 11.3 Å². The Morgan fingerprint density at radius 1 is 1.13 bits per heavy atom. The third-order valence-electron chi connectivity index (χ3n) is 4.43. The van der Waals surface area contributed by atoms with Crippen molar-refractivity contribution in [3.63, 3.8) is 0 Å². The lowest BCUT2D eigenvalue weighted by Crippen LogP contribution is -2.32. The van der Waals surface area contributed by atoms with Gasteiger partial charge in [0.2, 0.25) is 5.91 Å². The van der Waals surface area contributed by atoms with Gasteiger partial charge in [0.15, 0.2) is 0 Å². The molecule has 1 aliphatic rings. The van der Waals surface area contributed by atoms with Crippen LogP contribution in [-0.2, 0) is 14.8 Å². The molecule has 30 heavy (non-hydrogen) atoms. The molecule has 3 N–H and O–H groups in total. The quantitative estimate of drug-likeness (QED) is 0.630. The van der Waals surface area contributed by atoms with Crippen molar-refractivity contribution in [2.45, 2.75) is 37.5 Å². The van der Waals surface area contributed by atoms with Crippen LogP contribution in [0.25, 0.3) is 0 Å². The highest BCUT2D eigenvalue weighted by Crippen LogP contribution is 2.17. The van der Waals surface area contributed by atoms with Crippen molar-refractivity contribution in [3.8, 4) is 0 Å². The molecule has 8 nitrogen and oxygen atoms in total. The SMILES string of the molecule is Cc1ccc(C(=O)NCC(=O)Nc2cccc(S(=O)(=O)NC3=NCCCCC3)c2)s1. The van der Waals surface area contributed by atoms with Gasteiger partial charge in [-0.1, -0.05) is 12.5 Å². The number of aryl methyl sites for hydroxylation is 1. The lowest BCUT2D eigenvalue weighted by Gasteiger charge is -2.11. The molecular weight excluding hydrogens is 424 g/mol. The van der Waals surface area contributed by atoms with Gasteiger partial charge in [0.05, 0.1) is 16.3 Å². The zero-order valence-corrected chi connectivity index (χ0v) is 18.2. The number of nitrogens with one attached hydrogen (secondary N) is 3. The van der Waals surface area contributed by atoms with Gasteiger partial charge < -0.3 is 10.6 Å². The van der Waals surface area contributed by atoms with E-state index in [2.05, 4.69) is 20.3 Å². The van der Waals surface area contributed by atoms with E-state index in [1.165, 1.54) is 23.5 Å². The molecule has 2 heterocycles. The first-order valence-corrected chi connectivity index (χ1v) is 11.9. The third kappa shape index (κ3) is 6.14. The maximum absolute atomic E-state index is 12.7. The van der Waals surface area contributed by atoms with Gasteiger partial charge in [-0.3, -0.25) is 19.3 Å². The number of benzene rings is 1. The van der Waals surface area contributed by atoms with E-state index in [1.807, 2.05) is 13.0 Å². The number of carbonyl (C=O) groups is 2. The van der Waals surface area contributed by atoms with Crippen LogP contribution in [0.4, 0.5) is 5.69 Å². The average molecular weight is 449 g/mol. The molecule has 0 saturated heterocycles. The Kier molecular flexibility index (Phi) is 7.22. The van der Waals surface area contributed by atoms with Crippen molar-refractivity contribution in [1.29, 1.82) is 0 Å². The molecule has 1 aromatic carbocycles. The second kappa shape index (κ2) is 9.86. The lowest BCUT2D eigenvalue weighted by atomic mass is 10.2. The van der Waals surface area contributed by atoms with E-state index in [1.54, 1.807) is 18.2 Å². The molecule has 0 aliphatic carbocycles. The molecule has 1 aromatic heterocycles. The Hall–Kier alpha value is -2.72. The molecule has 0 radical (unpaired) electrons. The highest BCUT2D eigenvalue weighted by Gasteiger charge is 2.18. The van der Waals surface area contributed by atoms with E-state index in [-0.39, 0.29) is 17.3 Å². The molecule has 0 unspecified atom stereocenters. The van der Waals surface area contributed by atoms with Crippen LogP contribution in [0.5, 0.6) is 0 Å². The summed E-state index contributed by atoms with van der Waals surface area (Å²) >= 11 is 1.34. The number of nitrogens with zero attached hydrogens (tertiary/aromatic N) is 1. The summed E-state index contributed by atoms with van der Waals surface area (Å²) < 4.78 is 27.9. The fourth-order valence-corrected chi connectivity index (χ4v) is 4.84. The topological polar surface area (TPSA) is 117 Å². The molecule has 1 aliphatic heterocycles. The monoisotopic (exact) mass is 448 g/mol. The normalized spacial score (nSPS) is 14.4. The standard InChI is InChI=1S/C20H24N4O4S2/c1-14-9-10-17(29-14)20(26)22-13-19(25)23-15-6-5-7-16(12-15)30(27,28)24-18-8-3-2-4-11-21-18/h5-7,9-10,12H,2-4,8,11,13H2,1H3,(H,21,24)(H,22,26)(H,23,25). The Bertz CT molecular complexity index is 1060. The molecule has 10 heteroatoms. The van der Waals surface area contributed by atoms with Crippen molar-refractivity contribution in [1.82, 2.24) is 10.0 Å². The molecule has 0 atom stereocenters. The number of anilines is 1. The number of rotatable bonds is 6. The molecule has 0 spiro atoms. The predicted molar refractivity (Wildman–Crippen MR) is 118 cm³/mol. The maximum atomic E-state index is 12.7. The molecule has 2 aromatic rings. The van der Waals surface area contributed by atoms with Gasteiger partial charge in [-0.25, -0.2) is 8.42 Å². The second-order valence-electron chi connectivity index (χ2n) is 6.91. The number of carbonyl (C=O) groups excluding carboxylic acids is 2. The average Bonchev–Trinajstić information content (AvgIpc) is 2.99. The van der Waals surface area contributed by atoms with Crippen molar-refractivity contribution >= 4 is 44.7 Å². The number of sulfonamides is 1. The summed E-state index contributed by atoms with van der Waals surface area (Å²) in [4.78, 5) is 30.1. The molecule has 0 fully saturated rings. The van der Waals surface area contributed by atoms with Crippen LogP contribution >= 0.6 is 11.3 Å². The Balaban J connectivity index is 1.59. The van der Waals surface area contributed by atoms with E-state index in [9.17, 15) is 18.0 Å². The van der Waals surface area contributed by atoms with Gasteiger partial charge >= 0.3 is 0 Å². The molecular formula is C20H24N4O4S2. The van der Waals surface area contributed by atoms with Gasteiger partial charge in [0.25, 0.3) is 15.9 Å². The van der Waals surface area contributed by atoms with E-state index in [0.717, 1.165) is 24.1 Å². The second-order valence-corrected chi connectivity index (χ2v) is 9.88. The van der Waals surface area contributed by atoms with Gasteiger partial charge in [0, 0.05) is 23.5 Å². The molecule has 3 rings (SSSR count). The summed E-state index contributed by atoms with van der Waals surface area (Å²) in [7, 11) is -3.79. The minimum Gasteiger partial charge on any atom is -0.342 e. The van der Waals surface area contributed by atoms with Crippen molar-refractivity contribution in [2.24, 2.45) is 4.99 Å². The van der Waals surface area contributed by atoms with Crippen LogP contribution in [-0.4, -0.2) is 39.2 Å². The van der Waals surface area contributed by atoms with Gasteiger partial charge in [0.1, 0.15) is 5.84 Å². The summed E-state index contributed by atoms with van der Waals surface area (Å²) in [6.07, 6.45) is 3.47. The number of aliphatic imine (C=N–C) groups is 1. The number of hydrogen-bond acceptors (Lipinski definition) is 6. The number of hydrogen-bond donors (Lipinski definition) is 3. The molecule has 0 saturated carbocycles. The fraction of sp³-hybridized carbons (Fsp3) is 0.350. The van der Waals surface area contributed by atoms with Crippen LogP contribution in [0.3, 0.4) is 0 Å². The Morgan fingerprint density at radius 3 is 2.73 bits per heavy atom. The first-order chi connectivity index (χ1) is 14.3. The smallest absolute Gasteiger partial charge is 0.262 e. The first kappa shape index (κ1) is 22.0. The minimum absolute atomic E-state index is 0.0327. The summed E-state index contributed by atoms with van der Waals surface area (Å²) in [6.45, 7) is 2.29. The fourth-order valence-electron chi connectivity index (χ4n) is 2.92. The van der Waals surface area contributed by atoms with Gasteiger partial charge in [-0.05, 0) is 50.1 Å². The maximum Gasteiger partial charge on any atom is 0.262 e. The van der Waals surface area contributed by atoms with Crippen LogP contribution in [0.1, 0.15) is 40.2 Å². The molecule has 2 amide bonds. The van der Waals surface area contributed by atoms with Crippen LogP contribution in [0, 0.1) is 6.92 Å². The van der Waals surface area contributed by atoms with E-state index < -0.39 is 15.9 Å². The summed E-state index contributed by atoms with van der Waals surface area (Å²) in [5.74, 6) is -0.311. The Morgan fingerprint density at radius 2 is 1.97 bits per heavy atom. The van der Waals surface area contributed by atoms with Crippen LogP contribution in [0.15, 0.2) is 46.3 Å². The molecule has 160 valence electrons. The summed E-state index contributed by atoms with van der Waals surface area (Å²) in [6, 6.07) is 9.50. The number of amidine groups is 1. The van der Waals surface area contributed by atoms with Crippen molar-refractivity contribution in [2.75, 3.05) is 18.4 Å².